The predicted octanol–water partition coefficient (Wildman–Crippen LogP) is 9.99. The monoisotopic (exact) mass is 520 g/mol. The molecule has 2 nitrogen and oxygen atoms in total. The molecule has 0 atom stereocenters. The summed E-state index contributed by atoms with van der Waals surface area (Å²) < 4.78 is 12.8. The molecule has 0 aromatic heterocycles. The largest absolute Gasteiger partial charge is 0.490 e. The van der Waals surface area contributed by atoms with Crippen molar-refractivity contribution >= 4 is 0 Å². The molecule has 0 aliphatic rings. The van der Waals surface area contributed by atoms with Gasteiger partial charge in [-0.25, -0.2) is 0 Å². The molecule has 0 heterocycles. The molecule has 0 aliphatic carbocycles. The third-order valence-electron chi connectivity index (χ3n) is 7.51. The van der Waals surface area contributed by atoms with E-state index < -0.39 is 5.41 Å². The standard InChI is InChI=1S/C37H44O2/c1-3-5-7-18-28-38-35-27-26-34(30-36(35)39-29-19-8-6-4-2)37(31-20-12-9-13-21-31,32-22-14-10-15-23-32)33-24-16-11-17-25-33/h9-17,20-27,30H,3-8,18-19,28-29H2,1-2H3. The van der Waals surface area contributed by atoms with E-state index in [1.165, 1.54) is 60.8 Å². The maximum absolute atomic E-state index is 6.48. The second kappa shape index (κ2) is 15.2. The number of benzene rings is 4. The molecule has 204 valence electrons. The van der Waals surface area contributed by atoms with Crippen molar-refractivity contribution in [3.63, 3.8) is 0 Å². The average molecular weight is 521 g/mol. The Hall–Kier alpha value is -3.52. The Balaban J connectivity index is 1.81. The molecule has 0 radical (unpaired) electrons. The van der Waals surface area contributed by atoms with E-state index in [0.29, 0.717) is 13.2 Å². The molecule has 4 rings (SSSR count). The number of rotatable bonds is 16. The lowest BCUT2D eigenvalue weighted by Gasteiger charge is -2.37. The van der Waals surface area contributed by atoms with Crippen LogP contribution in [0.4, 0.5) is 0 Å². The minimum atomic E-state index is -0.496. The Morgan fingerprint density at radius 1 is 0.436 bits per heavy atom. The van der Waals surface area contributed by atoms with Crippen LogP contribution in [0, 0.1) is 0 Å². The minimum absolute atomic E-state index is 0.496. The van der Waals surface area contributed by atoms with Gasteiger partial charge in [0.1, 0.15) is 0 Å². The van der Waals surface area contributed by atoms with Crippen LogP contribution < -0.4 is 9.47 Å². The summed E-state index contributed by atoms with van der Waals surface area (Å²) in [5.41, 5.74) is 4.36. The van der Waals surface area contributed by atoms with Crippen LogP contribution in [0.5, 0.6) is 11.5 Å². The highest BCUT2D eigenvalue weighted by Crippen LogP contribution is 2.47. The van der Waals surface area contributed by atoms with Crippen LogP contribution in [-0.4, -0.2) is 13.2 Å². The number of ether oxygens (including phenoxy) is 2. The van der Waals surface area contributed by atoms with Gasteiger partial charge in [-0.3, -0.25) is 0 Å². The van der Waals surface area contributed by atoms with E-state index in [0.717, 1.165) is 24.3 Å². The van der Waals surface area contributed by atoms with Gasteiger partial charge in [-0.1, -0.05) is 149 Å². The summed E-state index contributed by atoms with van der Waals surface area (Å²) in [6.45, 7) is 5.89. The molecule has 0 aliphatic heterocycles. The van der Waals surface area contributed by atoms with Gasteiger partial charge in [-0.05, 0) is 47.2 Å². The highest BCUT2D eigenvalue weighted by atomic mass is 16.5. The molecule has 4 aromatic carbocycles. The summed E-state index contributed by atoms with van der Waals surface area (Å²) in [6.07, 6.45) is 9.42. The second-order valence-corrected chi connectivity index (χ2v) is 10.3. The summed E-state index contributed by atoms with van der Waals surface area (Å²) in [4.78, 5) is 0. The summed E-state index contributed by atoms with van der Waals surface area (Å²) in [5, 5.41) is 0. The van der Waals surface area contributed by atoms with Crippen molar-refractivity contribution in [3.05, 3.63) is 131 Å². The molecule has 0 unspecified atom stereocenters. The van der Waals surface area contributed by atoms with Crippen LogP contribution >= 0.6 is 0 Å². The fourth-order valence-corrected chi connectivity index (χ4v) is 5.46. The SMILES string of the molecule is CCCCCCOc1ccc(C(c2ccccc2)(c2ccccc2)c2ccccc2)cc1OCCCCCC. The van der Waals surface area contributed by atoms with Crippen molar-refractivity contribution < 1.29 is 9.47 Å². The van der Waals surface area contributed by atoms with Gasteiger partial charge in [0.05, 0.1) is 18.6 Å². The van der Waals surface area contributed by atoms with Crippen LogP contribution in [-0.2, 0) is 5.41 Å². The molecule has 0 N–H and O–H groups in total. The van der Waals surface area contributed by atoms with Gasteiger partial charge in [-0.15, -0.1) is 0 Å². The second-order valence-electron chi connectivity index (χ2n) is 10.3. The molecule has 0 bridgehead atoms. The zero-order valence-electron chi connectivity index (χ0n) is 23.8. The summed E-state index contributed by atoms with van der Waals surface area (Å²) in [5.74, 6) is 1.68. The first-order valence-electron chi connectivity index (χ1n) is 14.9. The Labute approximate surface area is 236 Å². The van der Waals surface area contributed by atoms with Crippen LogP contribution in [0.2, 0.25) is 0 Å². The van der Waals surface area contributed by atoms with Crippen LogP contribution in [0.1, 0.15) is 87.5 Å². The number of hydrogen-bond donors (Lipinski definition) is 0. The lowest BCUT2D eigenvalue weighted by molar-refractivity contribution is 0.258. The maximum atomic E-state index is 6.48. The van der Waals surface area contributed by atoms with E-state index in [4.69, 9.17) is 9.47 Å². The molecule has 0 spiro atoms. The average Bonchev–Trinajstić information content (AvgIpc) is 3.00. The van der Waals surface area contributed by atoms with Crippen molar-refractivity contribution in [2.45, 2.75) is 70.6 Å². The quantitative estimate of drug-likeness (QED) is 0.108. The van der Waals surface area contributed by atoms with Crippen molar-refractivity contribution in [1.29, 1.82) is 0 Å². The third-order valence-corrected chi connectivity index (χ3v) is 7.51. The molecule has 39 heavy (non-hydrogen) atoms. The van der Waals surface area contributed by atoms with Gasteiger partial charge < -0.3 is 9.47 Å². The zero-order chi connectivity index (χ0) is 27.2. The normalized spacial score (nSPS) is 11.3. The Morgan fingerprint density at radius 2 is 0.872 bits per heavy atom. The van der Waals surface area contributed by atoms with Crippen molar-refractivity contribution in [2.24, 2.45) is 0 Å². The van der Waals surface area contributed by atoms with Crippen LogP contribution in [0.25, 0.3) is 0 Å². The lowest BCUT2D eigenvalue weighted by atomic mass is 9.65. The first-order chi connectivity index (χ1) is 19.3. The maximum Gasteiger partial charge on any atom is 0.161 e. The smallest absolute Gasteiger partial charge is 0.161 e. The van der Waals surface area contributed by atoms with Crippen LogP contribution in [0.3, 0.4) is 0 Å². The molecule has 4 aromatic rings. The van der Waals surface area contributed by atoms with Gasteiger partial charge in [0.2, 0.25) is 0 Å². The molecule has 0 fully saturated rings. The van der Waals surface area contributed by atoms with Crippen molar-refractivity contribution in [3.8, 4) is 11.5 Å². The molecular formula is C37H44O2. The van der Waals surface area contributed by atoms with E-state index in [9.17, 15) is 0 Å². The predicted molar refractivity (Wildman–Crippen MR) is 164 cm³/mol. The fourth-order valence-electron chi connectivity index (χ4n) is 5.46. The highest BCUT2D eigenvalue weighted by molar-refractivity contribution is 5.62. The summed E-state index contributed by atoms with van der Waals surface area (Å²) in [7, 11) is 0. The zero-order valence-corrected chi connectivity index (χ0v) is 23.8. The Morgan fingerprint density at radius 3 is 1.31 bits per heavy atom. The number of unbranched alkanes of at least 4 members (excludes halogenated alkanes) is 6. The molecule has 0 amide bonds. The van der Waals surface area contributed by atoms with Crippen molar-refractivity contribution in [1.82, 2.24) is 0 Å². The Kier molecular flexibility index (Phi) is 11.1. The van der Waals surface area contributed by atoms with Gasteiger partial charge in [0.25, 0.3) is 0 Å². The molecule has 0 saturated carbocycles. The van der Waals surface area contributed by atoms with Crippen LogP contribution in [0.15, 0.2) is 109 Å². The van der Waals surface area contributed by atoms with E-state index in [1.54, 1.807) is 0 Å². The van der Waals surface area contributed by atoms with Gasteiger partial charge in [0.15, 0.2) is 11.5 Å². The van der Waals surface area contributed by atoms with E-state index in [2.05, 4.69) is 123 Å². The first kappa shape index (κ1) is 28.5. The molecule has 2 heteroatoms. The number of hydrogen-bond acceptors (Lipinski definition) is 2. The molecule has 0 saturated heterocycles. The topological polar surface area (TPSA) is 18.5 Å². The fraction of sp³-hybridized carbons (Fsp3) is 0.351. The van der Waals surface area contributed by atoms with E-state index in [-0.39, 0.29) is 0 Å². The minimum Gasteiger partial charge on any atom is -0.490 e. The Bertz CT molecular complexity index is 1120. The van der Waals surface area contributed by atoms with E-state index in [1.807, 2.05) is 0 Å². The van der Waals surface area contributed by atoms with Crippen molar-refractivity contribution in [2.75, 3.05) is 13.2 Å². The van der Waals surface area contributed by atoms with Gasteiger partial charge >= 0.3 is 0 Å². The highest BCUT2D eigenvalue weighted by Gasteiger charge is 2.38. The summed E-state index contributed by atoms with van der Waals surface area (Å²) in [6, 6.07) is 39.1. The molecular weight excluding hydrogens is 476 g/mol. The third kappa shape index (κ3) is 7.12. The summed E-state index contributed by atoms with van der Waals surface area (Å²) >= 11 is 0. The first-order valence-corrected chi connectivity index (χ1v) is 14.9. The lowest BCUT2D eigenvalue weighted by Crippen LogP contribution is -2.31. The van der Waals surface area contributed by atoms with Gasteiger partial charge in [-0.2, -0.15) is 0 Å². The van der Waals surface area contributed by atoms with E-state index >= 15 is 0 Å². The van der Waals surface area contributed by atoms with Gasteiger partial charge in [0, 0.05) is 0 Å².